The molecule has 3 N–H and O–H groups in total. The molecular formula is C29H37FN3NaO5. The van der Waals surface area contributed by atoms with Crippen LogP contribution in [0, 0.1) is 12.7 Å². The molecule has 206 valence electrons. The van der Waals surface area contributed by atoms with Crippen LogP contribution in [0.15, 0.2) is 48.5 Å². The van der Waals surface area contributed by atoms with Gasteiger partial charge in [0, 0.05) is 24.8 Å². The number of aromatic nitrogens is 2. The number of carbonyl (C=O) groups is 2. The fourth-order valence-electron chi connectivity index (χ4n) is 4.51. The van der Waals surface area contributed by atoms with Gasteiger partial charge >= 0.3 is 35.5 Å². The average Bonchev–Trinajstić information content (AvgIpc) is 3.23. The molecule has 10 heteroatoms. The third-order valence-corrected chi connectivity index (χ3v) is 6.43. The minimum Gasteiger partial charge on any atom is -1.00 e. The first-order valence-corrected chi connectivity index (χ1v) is 12.7. The first-order chi connectivity index (χ1) is 18.0. The summed E-state index contributed by atoms with van der Waals surface area (Å²) in [6, 6.07) is 13.7. The Balaban J connectivity index is 0.00000400. The number of nitrogens with zero attached hydrogens (tertiary/aromatic N) is 3. The van der Waals surface area contributed by atoms with Crippen LogP contribution in [0.2, 0.25) is 0 Å². The van der Waals surface area contributed by atoms with Crippen molar-refractivity contribution < 1.29 is 60.3 Å². The SMILES string of the molecule is Cc1ccc(CN(C)C(=O)c2nn(-c3ccc(F)cc3)c(CC[C@@H](O)C[C@@H](O)CC(=O)O)c2C(C)C)cc1.[H-].[Na+]. The monoisotopic (exact) mass is 549 g/mol. The molecule has 0 bridgehead atoms. The zero-order valence-electron chi connectivity index (χ0n) is 24.3. The maximum atomic E-state index is 13.7. The number of rotatable bonds is 12. The number of hydrogen-bond donors (Lipinski definition) is 3. The molecule has 0 saturated heterocycles. The van der Waals surface area contributed by atoms with Crippen molar-refractivity contribution in [2.24, 2.45) is 0 Å². The molecule has 0 aliphatic rings. The summed E-state index contributed by atoms with van der Waals surface area (Å²) in [6.07, 6.45) is -2.12. The van der Waals surface area contributed by atoms with E-state index in [1.807, 2.05) is 45.0 Å². The van der Waals surface area contributed by atoms with Crippen LogP contribution < -0.4 is 29.6 Å². The Labute approximate surface area is 252 Å². The molecule has 1 heterocycles. The van der Waals surface area contributed by atoms with Gasteiger partial charge in [0.1, 0.15) is 5.82 Å². The number of aliphatic carboxylic acids is 1. The Morgan fingerprint density at radius 2 is 1.67 bits per heavy atom. The van der Waals surface area contributed by atoms with Gasteiger partial charge in [-0.15, -0.1) is 0 Å². The van der Waals surface area contributed by atoms with Crippen LogP contribution in [0.1, 0.15) is 73.3 Å². The predicted molar refractivity (Wildman–Crippen MR) is 143 cm³/mol. The van der Waals surface area contributed by atoms with E-state index >= 15 is 0 Å². The molecule has 0 fully saturated rings. The summed E-state index contributed by atoms with van der Waals surface area (Å²) < 4.78 is 15.3. The smallest absolute Gasteiger partial charge is 1.00 e. The first kappa shape index (κ1) is 32.7. The molecule has 3 rings (SSSR count). The van der Waals surface area contributed by atoms with Crippen LogP contribution >= 0.6 is 0 Å². The summed E-state index contributed by atoms with van der Waals surface area (Å²) >= 11 is 0. The van der Waals surface area contributed by atoms with Crippen LogP contribution in [-0.4, -0.2) is 61.1 Å². The van der Waals surface area contributed by atoms with Crippen molar-refractivity contribution in [1.29, 1.82) is 0 Å². The summed E-state index contributed by atoms with van der Waals surface area (Å²) in [5, 5.41) is 34.0. The van der Waals surface area contributed by atoms with E-state index in [0.717, 1.165) is 16.7 Å². The molecule has 0 aliphatic carbocycles. The number of aliphatic hydroxyl groups excluding tert-OH is 2. The van der Waals surface area contributed by atoms with Gasteiger partial charge in [-0.2, -0.15) is 5.10 Å². The van der Waals surface area contributed by atoms with Gasteiger partial charge in [-0.25, -0.2) is 9.07 Å². The molecule has 0 aliphatic heterocycles. The third-order valence-electron chi connectivity index (χ3n) is 6.43. The maximum absolute atomic E-state index is 13.7. The van der Waals surface area contributed by atoms with Gasteiger partial charge in [-0.3, -0.25) is 9.59 Å². The van der Waals surface area contributed by atoms with Gasteiger partial charge in [0.2, 0.25) is 0 Å². The Hall–Kier alpha value is -2.56. The molecule has 1 amide bonds. The van der Waals surface area contributed by atoms with Crippen LogP contribution in [0.5, 0.6) is 0 Å². The van der Waals surface area contributed by atoms with Crippen LogP contribution in [0.25, 0.3) is 5.69 Å². The average molecular weight is 550 g/mol. The van der Waals surface area contributed by atoms with Crippen LogP contribution in [0.4, 0.5) is 4.39 Å². The summed E-state index contributed by atoms with van der Waals surface area (Å²) in [6.45, 7) is 6.31. The fourth-order valence-corrected chi connectivity index (χ4v) is 4.51. The van der Waals surface area contributed by atoms with Gasteiger partial charge in [-0.1, -0.05) is 43.7 Å². The largest absolute Gasteiger partial charge is 1.00 e. The van der Waals surface area contributed by atoms with Crippen molar-refractivity contribution in [2.45, 2.75) is 71.1 Å². The second-order valence-corrected chi connectivity index (χ2v) is 10.1. The molecule has 0 saturated carbocycles. The first-order valence-electron chi connectivity index (χ1n) is 12.7. The zero-order chi connectivity index (χ0) is 28.0. The minimum absolute atomic E-state index is 0. The number of carboxylic acid groups (broad SMARTS) is 1. The van der Waals surface area contributed by atoms with E-state index in [2.05, 4.69) is 5.10 Å². The Kier molecular flexibility index (Phi) is 12.3. The van der Waals surface area contributed by atoms with Gasteiger partial charge in [0.05, 0.1) is 24.3 Å². The standard InChI is InChI=1S/C29H36FN3O5.Na.H/c1-18(2)27-25(14-13-23(34)15-24(35)16-26(36)37)33(22-11-9-21(30)10-12-22)31-28(27)29(38)32(4)17-20-7-5-19(3)6-8-20;;/h5-12,18,23-24,34-35H,13-17H2,1-4H3,(H,36,37);;/q;+1;-1/t23-,24-;;/m1../s1. The van der Waals surface area contributed by atoms with Crippen LogP contribution in [-0.2, 0) is 17.8 Å². The number of halogens is 1. The Morgan fingerprint density at radius 3 is 2.23 bits per heavy atom. The molecule has 1 aromatic heterocycles. The molecule has 0 radical (unpaired) electrons. The second kappa shape index (κ2) is 14.7. The second-order valence-electron chi connectivity index (χ2n) is 10.1. The van der Waals surface area contributed by atoms with E-state index in [0.29, 0.717) is 24.3 Å². The Bertz CT molecular complexity index is 1250. The number of carbonyl (C=O) groups excluding carboxylic acids is 1. The summed E-state index contributed by atoms with van der Waals surface area (Å²) in [4.78, 5) is 26.1. The quantitative estimate of drug-likeness (QED) is 0.294. The van der Waals surface area contributed by atoms with Crippen molar-refractivity contribution in [3.8, 4) is 5.69 Å². The van der Waals surface area contributed by atoms with E-state index < -0.39 is 30.4 Å². The van der Waals surface area contributed by atoms with Crippen molar-refractivity contribution >= 4 is 11.9 Å². The maximum Gasteiger partial charge on any atom is 1.00 e. The molecule has 2 aromatic carbocycles. The number of benzene rings is 2. The molecular weight excluding hydrogens is 512 g/mol. The van der Waals surface area contributed by atoms with E-state index in [1.165, 1.54) is 12.1 Å². The van der Waals surface area contributed by atoms with E-state index in [1.54, 1.807) is 28.8 Å². The summed E-state index contributed by atoms with van der Waals surface area (Å²) in [5.74, 6) is -1.88. The number of carboxylic acids is 1. The molecule has 0 spiro atoms. The number of aryl methyl sites for hydroxylation is 1. The summed E-state index contributed by atoms with van der Waals surface area (Å²) in [7, 11) is 1.72. The van der Waals surface area contributed by atoms with Gasteiger partial charge in [0.15, 0.2) is 5.69 Å². The van der Waals surface area contributed by atoms with E-state index in [4.69, 9.17) is 5.11 Å². The number of amides is 1. The zero-order valence-corrected chi connectivity index (χ0v) is 25.3. The van der Waals surface area contributed by atoms with Gasteiger partial charge < -0.3 is 21.6 Å². The predicted octanol–water partition coefficient (Wildman–Crippen LogP) is 1.35. The molecule has 39 heavy (non-hydrogen) atoms. The third kappa shape index (κ3) is 8.98. The van der Waals surface area contributed by atoms with Crippen molar-refractivity contribution in [3.63, 3.8) is 0 Å². The van der Waals surface area contributed by atoms with Gasteiger partial charge in [-0.05, 0) is 61.9 Å². The normalized spacial score (nSPS) is 12.6. The van der Waals surface area contributed by atoms with Crippen LogP contribution in [0.3, 0.4) is 0 Å². The van der Waals surface area contributed by atoms with Crippen molar-refractivity contribution in [2.75, 3.05) is 7.05 Å². The van der Waals surface area contributed by atoms with Gasteiger partial charge in [0.25, 0.3) is 5.91 Å². The van der Waals surface area contributed by atoms with E-state index in [-0.39, 0.29) is 61.3 Å². The number of hydrogen-bond acceptors (Lipinski definition) is 5. The van der Waals surface area contributed by atoms with Crippen molar-refractivity contribution in [1.82, 2.24) is 14.7 Å². The molecule has 8 nitrogen and oxygen atoms in total. The van der Waals surface area contributed by atoms with Crippen molar-refractivity contribution in [3.05, 3.63) is 82.4 Å². The fraction of sp³-hybridized carbons (Fsp3) is 0.414. The minimum atomic E-state index is -1.17. The molecule has 3 aromatic rings. The topological polar surface area (TPSA) is 116 Å². The van der Waals surface area contributed by atoms with E-state index in [9.17, 15) is 24.2 Å². The number of aliphatic hydroxyl groups is 2. The molecule has 2 atom stereocenters. The Morgan fingerprint density at radius 1 is 1.05 bits per heavy atom. The molecule has 0 unspecified atom stereocenters. The summed E-state index contributed by atoms with van der Waals surface area (Å²) in [5.41, 5.74) is 4.40.